The molecule has 4 rings (SSSR count). The lowest BCUT2D eigenvalue weighted by molar-refractivity contribution is 0.0697. The van der Waals surface area contributed by atoms with E-state index in [1.807, 2.05) is 48.7 Å². The molecule has 2 aromatic carbocycles. The lowest BCUT2D eigenvalue weighted by Crippen LogP contribution is -2.06. The molecular formula is C21H17N3O2. The maximum atomic E-state index is 11.0. The number of nitrogens with zero attached hydrogens (tertiary/aromatic N) is 3. The van der Waals surface area contributed by atoms with Crippen molar-refractivity contribution >= 4 is 16.9 Å². The highest BCUT2D eigenvalue weighted by Crippen LogP contribution is 2.15. The summed E-state index contributed by atoms with van der Waals surface area (Å²) in [5.74, 6) is 0.0114. The van der Waals surface area contributed by atoms with Gasteiger partial charge < -0.3 is 9.67 Å². The van der Waals surface area contributed by atoms with Crippen molar-refractivity contribution in [1.82, 2.24) is 14.5 Å². The van der Waals surface area contributed by atoms with Gasteiger partial charge in [-0.25, -0.2) is 9.78 Å². The number of pyridine rings is 1. The van der Waals surface area contributed by atoms with Crippen LogP contribution in [-0.4, -0.2) is 25.6 Å². The number of benzene rings is 2. The number of aromatic carboxylic acids is 1. The first-order chi connectivity index (χ1) is 12.7. The summed E-state index contributed by atoms with van der Waals surface area (Å²) in [7, 11) is 0. The largest absolute Gasteiger partial charge is 0.478 e. The summed E-state index contributed by atoms with van der Waals surface area (Å²) in [5, 5.41) is 10.1. The van der Waals surface area contributed by atoms with Gasteiger partial charge in [-0.2, -0.15) is 0 Å². The Morgan fingerprint density at radius 1 is 1.00 bits per heavy atom. The van der Waals surface area contributed by atoms with Crippen LogP contribution in [0, 0.1) is 0 Å². The Labute approximate surface area is 150 Å². The molecule has 0 fully saturated rings. The van der Waals surface area contributed by atoms with Crippen molar-refractivity contribution in [3.8, 4) is 0 Å². The van der Waals surface area contributed by atoms with Gasteiger partial charge in [-0.1, -0.05) is 36.4 Å². The van der Waals surface area contributed by atoms with Gasteiger partial charge in [0, 0.05) is 36.4 Å². The molecule has 0 aliphatic heterocycles. The fourth-order valence-corrected chi connectivity index (χ4v) is 2.97. The predicted molar refractivity (Wildman–Crippen MR) is 99.3 cm³/mol. The van der Waals surface area contributed by atoms with E-state index in [-0.39, 0.29) is 0 Å². The van der Waals surface area contributed by atoms with E-state index >= 15 is 0 Å². The minimum Gasteiger partial charge on any atom is -0.478 e. The van der Waals surface area contributed by atoms with E-state index in [4.69, 9.17) is 10.1 Å². The first-order valence-corrected chi connectivity index (χ1v) is 8.36. The van der Waals surface area contributed by atoms with Crippen LogP contribution in [0.3, 0.4) is 0 Å². The summed E-state index contributed by atoms with van der Waals surface area (Å²) >= 11 is 0. The summed E-state index contributed by atoms with van der Waals surface area (Å²) in [4.78, 5) is 20.1. The van der Waals surface area contributed by atoms with Crippen LogP contribution in [0.15, 0.2) is 73.1 Å². The minimum absolute atomic E-state index is 0.292. The SMILES string of the molecule is O=C(O)c1ccc(Cn2ccnc2Cc2ccc3ccccc3n2)cc1. The first-order valence-electron chi connectivity index (χ1n) is 8.36. The molecule has 0 aliphatic carbocycles. The van der Waals surface area contributed by atoms with Crippen LogP contribution in [0.5, 0.6) is 0 Å². The standard InChI is InChI=1S/C21H17N3O2/c25-21(26)17-7-5-15(6-8-17)14-24-12-11-22-20(24)13-18-10-9-16-3-1-2-4-19(16)23-18/h1-12H,13-14H2,(H,25,26). The van der Waals surface area contributed by atoms with Gasteiger partial charge >= 0.3 is 5.97 Å². The monoisotopic (exact) mass is 343 g/mol. The zero-order valence-electron chi connectivity index (χ0n) is 14.0. The van der Waals surface area contributed by atoms with Crippen molar-refractivity contribution in [3.05, 3.63) is 95.7 Å². The van der Waals surface area contributed by atoms with Crippen LogP contribution in [0.25, 0.3) is 10.9 Å². The molecule has 0 unspecified atom stereocenters. The van der Waals surface area contributed by atoms with Crippen molar-refractivity contribution in [2.75, 3.05) is 0 Å². The molecule has 0 aliphatic rings. The smallest absolute Gasteiger partial charge is 0.335 e. The van der Waals surface area contributed by atoms with Crippen LogP contribution >= 0.6 is 0 Å². The Bertz CT molecular complexity index is 1070. The van der Waals surface area contributed by atoms with Crippen LogP contribution in [0.2, 0.25) is 0 Å². The number of hydrogen-bond acceptors (Lipinski definition) is 3. The topological polar surface area (TPSA) is 68.0 Å². The number of carbonyl (C=O) groups is 1. The molecule has 0 radical (unpaired) electrons. The summed E-state index contributed by atoms with van der Waals surface area (Å²) in [6.07, 6.45) is 4.36. The second kappa shape index (κ2) is 6.80. The van der Waals surface area contributed by atoms with E-state index < -0.39 is 5.97 Å². The molecule has 128 valence electrons. The van der Waals surface area contributed by atoms with Gasteiger partial charge in [-0.3, -0.25) is 4.98 Å². The Hall–Kier alpha value is -3.47. The van der Waals surface area contributed by atoms with E-state index in [1.165, 1.54) is 0 Å². The number of fused-ring (bicyclic) bond motifs is 1. The van der Waals surface area contributed by atoms with E-state index in [0.717, 1.165) is 28.0 Å². The molecule has 0 atom stereocenters. The molecule has 2 heterocycles. The van der Waals surface area contributed by atoms with Gasteiger partial charge in [0.25, 0.3) is 0 Å². The molecule has 0 spiro atoms. The molecule has 0 bridgehead atoms. The quantitative estimate of drug-likeness (QED) is 0.599. The van der Waals surface area contributed by atoms with Crippen LogP contribution in [0.4, 0.5) is 0 Å². The van der Waals surface area contributed by atoms with Crippen molar-refractivity contribution < 1.29 is 9.90 Å². The van der Waals surface area contributed by atoms with Gasteiger partial charge in [-0.05, 0) is 29.8 Å². The van der Waals surface area contributed by atoms with Crippen LogP contribution < -0.4 is 0 Å². The average molecular weight is 343 g/mol. The second-order valence-corrected chi connectivity index (χ2v) is 6.15. The average Bonchev–Trinajstić information content (AvgIpc) is 3.09. The maximum Gasteiger partial charge on any atom is 0.335 e. The molecule has 0 amide bonds. The van der Waals surface area contributed by atoms with Gasteiger partial charge in [-0.15, -0.1) is 0 Å². The number of imidazole rings is 1. The lowest BCUT2D eigenvalue weighted by Gasteiger charge is -2.09. The molecule has 26 heavy (non-hydrogen) atoms. The zero-order chi connectivity index (χ0) is 17.9. The van der Waals surface area contributed by atoms with Crippen molar-refractivity contribution in [1.29, 1.82) is 0 Å². The van der Waals surface area contributed by atoms with Crippen molar-refractivity contribution in [3.63, 3.8) is 0 Å². The van der Waals surface area contributed by atoms with Gasteiger partial charge in [0.15, 0.2) is 0 Å². The molecule has 2 aromatic heterocycles. The molecule has 5 nitrogen and oxygen atoms in total. The van der Waals surface area contributed by atoms with Crippen molar-refractivity contribution in [2.24, 2.45) is 0 Å². The molecule has 5 heteroatoms. The third kappa shape index (κ3) is 3.32. The highest BCUT2D eigenvalue weighted by Gasteiger charge is 2.08. The van der Waals surface area contributed by atoms with E-state index in [0.29, 0.717) is 18.5 Å². The number of hydrogen-bond donors (Lipinski definition) is 1. The summed E-state index contributed by atoms with van der Waals surface area (Å²) < 4.78 is 2.06. The summed E-state index contributed by atoms with van der Waals surface area (Å²) in [6, 6.07) is 19.1. The fourth-order valence-electron chi connectivity index (χ4n) is 2.97. The fraction of sp³-hybridized carbons (Fsp3) is 0.0952. The summed E-state index contributed by atoms with van der Waals surface area (Å²) in [5.41, 5.74) is 3.27. The molecule has 0 saturated heterocycles. The van der Waals surface area contributed by atoms with Gasteiger partial charge in [0.2, 0.25) is 0 Å². The van der Waals surface area contributed by atoms with Crippen molar-refractivity contribution in [2.45, 2.75) is 13.0 Å². The third-order valence-corrected chi connectivity index (χ3v) is 4.35. The first kappa shape index (κ1) is 16.0. The lowest BCUT2D eigenvalue weighted by atomic mass is 10.1. The highest BCUT2D eigenvalue weighted by molar-refractivity contribution is 5.87. The van der Waals surface area contributed by atoms with E-state index in [9.17, 15) is 4.79 Å². The zero-order valence-corrected chi connectivity index (χ0v) is 14.0. The van der Waals surface area contributed by atoms with Gasteiger partial charge in [0.1, 0.15) is 5.82 Å². The number of para-hydroxylation sites is 1. The van der Waals surface area contributed by atoms with E-state index in [1.54, 1.807) is 18.3 Å². The van der Waals surface area contributed by atoms with Crippen LogP contribution in [0.1, 0.15) is 27.4 Å². The molecular weight excluding hydrogens is 326 g/mol. The number of rotatable bonds is 5. The number of carboxylic acids is 1. The molecule has 0 saturated carbocycles. The second-order valence-electron chi connectivity index (χ2n) is 6.15. The Kier molecular flexibility index (Phi) is 4.19. The Balaban J connectivity index is 1.55. The highest BCUT2D eigenvalue weighted by atomic mass is 16.4. The normalized spacial score (nSPS) is 10.9. The Morgan fingerprint density at radius 3 is 2.62 bits per heavy atom. The number of carboxylic acid groups (broad SMARTS) is 1. The summed E-state index contributed by atoms with van der Waals surface area (Å²) in [6.45, 7) is 0.642. The predicted octanol–water partition coefficient (Wildman–Crippen LogP) is 3.77. The molecule has 1 N–H and O–H groups in total. The van der Waals surface area contributed by atoms with E-state index in [2.05, 4.69) is 15.6 Å². The van der Waals surface area contributed by atoms with Gasteiger partial charge in [0.05, 0.1) is 11.1 Å². The van der Waals surface area contributed by atoms with Crippen LogP contribution in [-0.2, 0) is 13.0 Å². The Morgan fingerprint density at radius 2 is 1.81 bits per heavy atom. The molecule has 4 aromatic rings. The third-order valence-electron chi connectivity index (χ3n) is 4.35. The number of aromatic nitrogens is 3. The maximum absolute atomic E-state index is 11.0. The minimum atomic E-state index is -0.915.